The minimum atomic E-state index is -1.22. The number of allylic oxidation sites excluding steroid dienone is 8. The number of hydrogen-bond donors (Lipinski definition) is 6. The Morgan fingerprint density at radius 1 is 0.797 bits per heavy atom. The Balaban J connectivity index is 0.000000201. The van der Waals surface area contributed by atoms with Crippen LogP contribution in [0, 0.1) is 57.2 Å². The third-order valence-corrected chi connectivity index (χ3v) is 20.4. The highest BCUT2D eigenvalue weighted by Gasteiger charge is 2.77. The SMILES string of the molecule is CC1O[C@@H]2C[C@H]3[C@@H]4CCC5=C/C(=N/OCCCCN)C=C[C@]5(C)[C@H]4[C@@H](O)C[C@]3(C)[C@]2(/C(CO)=N\N(C)C)O1.COC(=O)NCCCCO/N=C1\C=C[C@@]2(C)C(=C1)CC[C@@H]1[C@@H]2[C@@H](O)C[C@@]2(C)[C@H]1C[C@H]1OC(C)O[C@]12C(=O)CO.[2H]CI. The van der Waals surface area contributed by atoms with Gasteiger partial charge >= 0.3 is 6.09 Å². The average Bonchev–Trinajstić information content (AvgIpc) is 4.31. The number of aliphatic hydroxyl groups excluding tert-OH is 4. The van der Waals surface area contributed by atoms with E-state index in [0.29, 0.717) is 62.1 Å². The molecular formula is C59H91IN6O13. The highest BCUT2D eigenvalue weighted by molar-refractivity contribution is 14.1. The van der Waals surface area contributed by atoms with E-state index in [0.717, 1.165) is 69.2 Å². The van der Waals surface area contributed by atoms with Gasteiger partial charge in [-0.1, -0.05) is 83.9 Å². The number of fused-ring (bicyclic) bond motifs is 14. The molecule has 2 aliphatic heterocycles. The molecule has 0 aromatic carbocycles. The standard InChI is InChI=1S/C29H46N4O5.C29H42N2O8.CH3I/c1-18-37-25-15-22-21-9-8-19-14-20(32-36-13-7-6-12-30)10-11-27(19,2)26(21)23(35)16-28(22,3)29(25,38-18)24(17-34)31-33(4)5;1-17-38-24-14-21-20-8-7-18-13-19(31-37-12-6-5-11-30-26(35)36-4)9-10-27(18,2)25(20)22(33)15-28(21,3)29(24,39-17)23(34)16-32;1-2/h10-11,14,18,21-23,25-26,34-35H,6-9,12-13,15-17,30H2,1-5H3;9-10,13,17,20-22,24-25,32-33H,5-8,11-12,14-16H2,1-4H3,(H,30,35);1H3/b31-24-,32-20+;31-19+;/t18?,21-,22-,23-,25+,26+,27-,28-,29+;17?,20-,21-,22-,24+,25+,27-,28-,29+;/m00./s1/i;;1D. The number of carbonyl (C=O) groups is 2. The fourth-order valence-corrected chi connectivity index (χ4v) is 17.3. The number of oxime groups is 2. The molecule has 6 saturated carbocycles. The molecule has 0 bridgehead atoms. The normalized spacial score (nSPS) is 43.1. The number of nitrogens with zero attached hydrogens (tertiary/aromatic N) is 4. The second-order valence-electron chi connectivity index (χ2n) is 24.6. The molecule has 18 atom stereocenters. The number of halogens is 1. The van der Waals surface area contributed by atoms with Gasteiger partial charge in [0.1, 0.15) is 36.8 Å². The molecule has 2 unspecified atom stereocenters. The Hall–Kier alpha value is -3.32. The van der Waals surface area contributed by atoms with Crippen LogP contribution in [-0.4, -0.2) is 168 Å². The first-order valence-corrected chi connectivity index (χ1v) is 30.3. The fourth-order valence-electron chi connectivity index (χ4n) is 17.3. The average molecular weight is 1220 g/mol. The predicted octanol–water partition coefficient (Wildman–Crippen LogP) is 6.76. The first-order chi connectivity index (χ1) is 38.1. The number of ketones is 1. The van der Waals surface area contributed by atoms with Crippen molar-refractivity contribution in [3.8, 4) is 0 Å². The minimum Gasteiger partial charge on any atom is -0.453 e. The Bertz CT molecular complexity index is 2460. The van der Waals surface area contributed by atoms with Gasteiger partial charge in [-0.25, -0.2) is 4.79 Å². The lowest BCUT2D eigenvalue weighted by Crippen LogP contribution is -2.63. The Kier molecular flexibility index (Phi) is 19.0. The molecule has 10 rings (SSSR count). The summed E-state index contributed by atoms with van der Waals surface area (Å²) >= 11 is 1.96. The predicted molar refractivity (Wildman–Crippen MR) is 308 cm³/mol. The topological polar surface area (TPSA) is 258 Å². The number of unbranched alkanes of at least 4 members (excludes halogenated alkanes) is 2. The van der Waals surface area contributed by atoms with Crippen molar-refractivity contribution in [1.29, 1.82) is 0 Å². The lowest BCUT2D eigenvalue weighted by molar-refractivity contribution is -0.196. The van der Waals surface area contributed by atoms with E-state index >= 15 is 0 Å². The maximum Gasteiger partial charge on any atom is 0.406 e. The van der Waals surface area contributed by atoms with Gasteiger partial charge in [0.2, 0.25) is 0 Å². The Morgan fingerprint density at radius 2 is 1.28 bits per heavy atom. The molecule has 1 amide bonds. The second kappa shape index (κ2) is 24.9. The summed E-state index contributed by atoms with van der Waals surface area (Å²) in [4.78, 5) is 35.8. The van der Waals surface area contributed by atoms with Crippen molar-refractivity contribution < 1.29 is 64.7 Å². The van der Waals surface area contributed by atoms with Gasteiger partial charge in [0, 0.05) is 55.5 Å². The quantitative estimate of drug-likeness (QED) is 0.0307. The first-order valence-electron chi connectivity index (χ1n) is 29.4. The fraction of sp³-hybridized carbons (Fsp3) is 0.780. The smallest absolute Gasteiger partial charge is 0.406 e. The number of Topliss-reactive ketones (excluding diaryl/α,β-unsaturated/α-hetero) is 1. The molecule has 2 saturated heterocycles. The number of carbonyl (C=O) groups excluding carboxylic acids is 2. The monoisotopic (exact) mass is 1220 g/mol. The van der Waals surface area contributed by atoms with E-state index in [1.54, 1.807) is 11.9 Å². The van der Waals surface area contributed by atoms with Crippen molar-refractivity contribution >= 4 is 51.6 Å². The van der Waals surface area contributed by atoms with E-state index in [1.165, 1.54) is 18.3 Å². The lowest BCUT2D eigenvalue weighted by atomic mass is 9.46. The van der Waals surface area contributed by atoms with Crippen LogP contribution in [0.1, 0.15) is 120 Å². The van der Waals surface area contributed by atoms with E-state index in [4.69, 9.17) is 40.8 Å². The van der Waals surface area contributed by atoms with Gasteiger partial charge in [-0.15, -0.1) is 0 Å². The van der Waals surface area contributed by atoms with E-state index in [9.17, 15) is 30.0 Å². The molecule has 8 fully saturated rings. The molecule has 0 spiro atoms. The number of alkyl carbamates (subject to hydrolysis) is 1. The largest absolute Gasteiger partial charge is 0.453 e. The maximum absolute atomic E-state index is 13.2. The third-order valence-electron chi connectivity index (χ3n) is 20.4. The summed E-state index contributed by atoms with van der Waals surface area (Å²) in [5.74, 6) is 0.641. The molecule has 7 N–H and O–H groups in total. The Morgan fingerprint density at radius 3 is 1.75 bits per heavy atom. The van der Waals surface area contributed by atoms with E-state index in [-0.39, 0.29) is 65.2 Å². The summed E-state index contributed by atoms with van der Waals surface area (Å²) in [6, 6.07) is 0. The maximum atomic E-state index is 13.2. The number of aliphatic hydroxyl groups is 4. The van der Waals surface area contributed by atoms with Crippen molar-refractivity contribution in [1.82, 2.24) is 10.3 Å². The molecule has 10 aliphatic rings. The molecule has 0 aromatic heterocycles. The summed E-state index contributed by atoms with van der Waals surface area (Å²) in [5, 5.41) is 61.7. The summed E-state index contributed by atoms with van der Waals surface area (Å²) < 4.78 is 36.1. The van der Waals surface area contributed by atoms with E-state index < -0.39 is 59.3 Å². The highest BCUT2D eigenvalue weighted by atomic mass is 127. The van der Waals surface area contributed by atoms with Gasteiger partial charge in [-0.05, 0) is 150 Å². The van der Waals surface area contributed by atoms with Gasteiger partial charge in [0.25, 0.3) is 0 Å². The van der Waals surface area contributed by atoms with Crippen molar-refractivity contribution in [2.45, 2.75) is 167 Å². The number of ether oxygens (including phenoxy) is 5. The number of rotatable bonds is 16. The molecule has 2 heterocycles. The molecule has 0 aromatic rings. The van der Waals surface area contributed by atoms with Gasteiger partial charge in [0.05, 0.1) is 43.8 Å². The number of nitrogens with one attached hydrogen (secondary N) is 1. The van der Waals surface area contributed by atoms with Crippen molar-refractivity contribution in [2.75, 3.05) is 65.6 Å². The van der Waals surface area contributed by atoms with Crippen LogP contribution >= 0.6 is 22.6 Å². The van der Waals surface area contributed by atoms with Crippen LogP contribution in [0.25, 0.3) is 0 Å². The molecular weight excluding hydrogens is 1130 g/mol. The minimum absolute atomic E-state index is 0.00543. The summed E-state index contributed by atoms with van der Waals surface area (Å²) in [6.45, 7) is 13.9. The number of hydrogen-bond acceptors (Lipinski definition) is 18. The van der Waals surface area contributed by atoms with Crippen molar-refractivity contribution in [2.24, 2.45) is 78.3 Å². The van der Waals surface area contributed by atoms with Crippen LogP contribution < -0.4 is 11.1 Å². The van der Waals surface area contributed by atoms with Gasteiger partial charge in [-0.3, -0.25) is 4.79 Å². The van der Waals surface area contributed by atoms with Gasteiger partial charge in [0.15, 0.2) is 24.0 Å². The van der Waals surface area contributed by atoms with Crippen molar-refractivity contribution in [3.05, 3.63) is 47.6 Å². The summed E-state index contributed by atoms with van der Waals surface area (Å²) in [7, 11) is 5.05. The number of nitrogens with two attached hydrogens (primary N) is 1. The zero-order valence-electron chi connectivity index (χ0n) is 49.0. The van der Waals surface area contributed by atoms with Crippen molar-refractivity contribution in [3.63, 3.8) is 0 Å². The van der Waals surface area contributed by atoms with Crippen LogP contribution in [0.3, 0.4) is 0 Å². The van der Waals surface area contributed by atoms with Crippen LogP contribution in [0.2, 0.25) is 0 Å². The van der Waals surface area contributed by atoms with Crippen LogP contribution in [0.5, 0.6) is 0 Å². The Labute approximate surface area is 482 Å². The van der Waals surface area contributed by atoms with E-state index in [1.807, 2.05) is 55.8 Å². The second-order valence-corrected chi connectivity index (χ2v) is 24.6. The van der Waals surface area contributed by atoms with E-state index in [2.05, 4.69) is 72.4 Å². The zero-order chi connectivity index (χ0) is 58.0. The van der Waals surface area contributed by atoms with Gasteiger partial charge in [-0.2, -0.15) is 5.10 Å². The number of alkyl halides is 1. The summed E-state index contributed by atoms with van der Waals surface area (Å²) in [5.41, 5.74) is 6.60. The van der Waals surface area contributed by atoms with Crippen LogP contribution in [-0.2, 0) is 38.2 Å². The first kappa shape index (κ1) is 60.3. The van der Waals surface area contributed by atoms with Crippen LogP contribution in [0.15, 0.2) is 63.0 Å². The zero-order valence-corrected chi connectivity index (χ0v) is 50.2. The molecule has 8 aliphatic carbocycles. The van der Waals surface area contributed by atoms with Gasteiger partial charge < -0.3 is 69.8 Å². The molecule has 19 nitrogen and oxygen atoms in total. The molecule has 79 heavy (non-hydrogen) atoms. The lowest BCUT2D eigenvalue weighted by Gasteiger charge is -2.60. The summed E-state index contributed by atoms with van der Waals surface area (Å²) in [6.07, 6.45) is 19.1. The third kappa shape index (κ3) is 10.7. The number of hydrazone groups is 1. The van der Waals surface area contributed by atoms with Crippen LogP contribution in [0.4, 0.5) is 4.79 Å². The highest BCUT2D eigenvalue weighted by Crippen LogP contribution is 2.71. The number of amides is 1. The number of methoxy groups -OCH3 is 1. The molecule has 442 valence electrons. The molecule has 0 radical (unpaired) electrons. The molecule has 20 heteroatoms.